The van der Waals surface area contributed by atoms with E-state index in [0.29, 0.717) is 18.0 Å². The Hall–Kier alpha value is -3.45. The normalized spacial score (nSPS) is 14.3. The number of carbonyl (C=O) groups excluding carboxylic acids is 1. The van der Waals surface area contributed by atoms with Crippen molar-refractivity contribution in [2.45, 2.75) is 13.5 Å². The van der Waals surface area contributed by atoms with E-state index in [0.717, 1.165) is 44.3 Å². The highest BCUT2D eigenvalue weighted by Crippen LogP contribution is 2.18. The molecule has 0 saturated carbocycles. The molecule has 0 aliphatic carbocycles. The summed E-state index contributed by atoms with van der Waals surface area (Å²) in [5, 5.41) is 2.86. The average molecular weight is 418 g/mol. The first-order chi connectivity index (χ1) is 15.2. The number of amides is 1. The van der Waals surface area contributed by atoms with Crippen molar-refractivity contribution in [1.29, 1.82) is 0 Å². The molecule has 2 aromatic carbocycles. The van der Waals surface area contributed by atoms with Crippen LogP contribution in [0.15, 0.2) is 67.0 Å². The van der Waals surface area contributed by atoms with Gasteiger partial charge in [-0.25, -0.2) is 9.97 Å². The Labute approximate surface area is 182 Å². The van der Waals surface area contributed by atoms with Gasteiger partial charge in [-0.1, -0.05) is 30.3 Å². The quantitative estimate of drug-likeness (QED) is 0.635. The van der Waals surface area contributed by atoms with Crippen molar-refractivity contribution in [3.63, 3.8) is 0 Å². The van der Waals surface area contributed by atoms with Crippen molar-refractivity contribution < 1.29 is 9.53 Å². The van der Waals surface area contributed by atoms with Gasteiger partial charge in [0, 0.05) is 44.4 Å². The molecule has 0 bridgehead atoms. The van der Waals surface area contributed by atoms with Crippen LogP contribution in [0.2, 0.25) is 0 Å². The van der Waals surface area contributed by atoms with E-state index in [2.05, 4.69) is 49.4 Å². The first-order valence-corrected chi connectivity index (χ1v) is 10.6. The molecule has 4 rings (SSSR count). The van der Waals surface area contributed by atoms with Gasteiger partial charge in [-0.05, 0) is 36.8 Å². The fourth-order valence-electron chi connectivity index (χ4n) is 3.62. The number of hydrogen-bond acceptors (Lipinski definition) is 6. The highest BCUT2D eigenvalue weighted by molar-refractivity contribution is 6.03. The minimum Gasteiger partial charge on any atom is -0.494 e. The Bertz CT molecular complexity index is 986. The largest absolute Gasteiger partial charge is 0.494 e. The lowest BCUT2D eigenvalue weighted by atomic mass is 10.2. The number of benzene rings is 2. The van der Waals surface area contributed by atoms with Crippen LogP contribution < -0.4 is 15.0 Å². The van der Waals surface area contributed by atoms with E-state index in [4.69, 9.17) is 4.74 Å². The van der Waals surface area contributed by atoms with E-state index in [1.807, 2.05) is 19.1 Å². The number of nitrogens with zero attached hydrogens (tertiary/aromatic N) is 4. The zero-order chi connectivity index (χ0) is 21.5. The van der Waals surface area contributed by atoms with E-state index in [1.165, 1.54) is 11.9 Å². The van der Waals surface area contributed by atoms with Gasteiger partial charge < -0.3 is 15.0 Å². The van der Waals surface area contributed by atoms with Crippen LogP contribution in [0.5, 0.6) is 5.75 Å². The molecule has 1 aromatic heterocycles. The summed E-state index contributed by atoms with van der Waals surface area (Å²) in [6, 6.07) is 19.4. The van der Waals surface area contributed by atoms with Crippen molar-refractivity contribution in [2.75, 3.05) is 43.0 Å². The molecule has 2 heterocycles. The number of rotatable bonds is 7. The zero-order valence-corrected chi connectivity index (χ0v) is 17.7. The standard InChI is InChI=1S/C24H27N5O2/c1-2-31-21-10-8-20(9-11-21)24(30)27-22-16-23(26-18-25-22)29-14-12-28(13-15-29)17-19-6-4-3-5-7-19/h3-11,16,18H,2,12-15,17H2,1H3,(H,25,26,27,30). The van der Waals surface area contributed by atoms with E-state index >= 15 is 0 Å². The summed E-state index contributed by atoms with van der Waals surface area (Å²) in [6.07, 6.45) is 1.50. The molecule has 7 heteroatoms. The molecule has 1 aliphatic rings. The monoisotopic (exact) mass is 417 g/mol. The van der Waals surface area contributed by atoms with Gasteiger partial charge in [0.1, 0.15) is 23.7 Å². The van der Waals surface area contributed by atoms with Crippen LogP contribution in [0.4, 0.5) is 11.6 Å². The maximum Gasteiger partial charge on any atom is 0.256 e. The Morgan fingerprint density at radius 2 is 1.74 bits per heavy atom. The summed E-state index contributed by atoms with van der Waals surface area (Å²) in [5.74, 6) is 1.86. The molecule has 3 aromatic rings. The van der Waals surface area contributed by atoms with E-state index < -0.39 is 0 Å². The third kappa shape index (κ3) is 5.58. The minimum atomic E-state index is -0.208. The second kappa shape index (κ2) is 10.0. The molecular formula is C24H27N5O2. The third-order valence-electron chi connectivity index (χ3n) is 5.27. The fraction of sp³-hybridized carbons (Fsp3) is 0.292. The number of nitrogens with one attached hydrogen (secondary N) is 1. The molecule has 1 N–H and O–H groups in total. The Kier molecular flexibility index (Phi) is 6.74. The van der Waals surface area contributed by atoms with Gasteiger partial charge in [0.15, 0.2) is 0 Å². The number of piperazine rings is 1. The predicted octanol–water partition coefficient (Wildman–Crippen LogP) is 3.45. The van der Waals surface area contributed by atoms with Crippen molar-refractivity contribution >= 4 is 17.5 Å². The summed E-state index contributed by atoms with van der Waals surface area (Å²) in [4.78, 5) is 25.9. The first kappa shape index (κ1) is 20.8. The van der Waals surface area contributed by atoms with Crippen LogP contribution in [-0.4, -0.2) is 53.6 Å². The van der Waals surface area contributed by atoms with Gasteiger partial charge in [-0.2, -0.15) is 0 Å². The van der Waals surface area contributed by atoms with Crippen LogP contribution >= 0.6 is 0 Å². The summed E-state index contributed by atoms with van der Waals surface area (Å²) in [5.41, 5.74) is 1.88. The number of aromatic nitrogens is 2. The van der Waals surface area contributed by atoms with Gasteiger partial charge in [0.25, 0.3) is 5.91 Å². The highest BCUT2D eigenvalue weighted by atomic mass is 16.5. The lowest BCUT2D eigenvalue weighted by molar-refractivity contribution is 0.102. The number of carbonyl (C=O) groups is 1. The average Bonchev–Trinajstić information content (AvgIpc) is 2.81. The summed E-state index contributed by atoms with van der Waals surface area (Å²) in [6.45, 7) is 7.18. The van der Waals surface area contributed by atoms with Crippen LogP contribution in [0.3, 0.4) is 0 Å². The van der Waals surface area contributed by atoms with Crippen molar-refractivity contribution in [2.24, 2.45) is 0 Å². The fourth-order valence-corrected chi connectivity index (χ4v) is 3.62. The van der Waals surface area contributed by atoms with Gasteiger partial charge in [-0.3, -0.25) is 9.69 Å². The molecule has 0 spiro atoms. The van der Waals surface area contributed by atoms with Crippen molar-refractivity contribution in [3.8, 4) is 5.75 Å². The predicted molar refractivity (Wildman–Crippen MR) is 122 cm³/mol. The second-order valence-electron chi connectivity index (χ2n) is 7.42. The number of hydrogen-bond donors (Lipinski definition) is 1. The van der Waals surface area contributed by atoms with Crippen molar-refractivity contribution in [3.05, 3.63) is 78.1 Å². The maximum atomic E-state index is 12.6. The molecular weight excluding hydrogens is 390 g/mol. The molecule has 160 valence electrons. The first-order valence-electron chi connectivity index (χ1n) is 10.6. The maximum absolute atomic E-state index is 12.6. The van der Waals surface area contributed by atoms with Gasteiger partial charge in [-0.15, -0.1) is 0 Å². The van der Waals surface area contributed by atoms with Crippen LogP contribution in [0.1, 0.15) is 22.8 Å². The van der Waals surface area contributed by atoms with E-state index in [1.54, 1.807) is 24.3 Å². The number of ether oxygens (including phenoxy) is 1. The lowest BCUT2D eigenvalue weighted by Gasteiger charge is -2.35. The smallest absolute Gasteiger partial charge is 0.256 e. The third-order valence-corrected chi connectivity index (χ3v) is 5.27. The zero-order valence-electron chi connectivity index (χ0n) is 17.7. The summed E-state index contributed by atoms with van der Waals surface area (Å²) in [7, 11) is 0. The van der Waals surface area contributed by atoms with Crippen LogP contribution in [0, 0.1) is 0 Å². The van der Waals surface area contributed by atoms with Gasteiger partial charge >= 0.3 is 0 Å². The SMILES string of the molecule is CCOc1ccc(C(=O)Nc2cc(N3CCN(Cc4ccccc4)CC3)ncn2)cc1. The lowest BCUT2D eigenvalue weighted by Crippen LogP contribution is -2.46. The van der Waals surface area contributed by atoms with Crippen molar-refractivity contribution in [1.82, 2.24) is 14.9 Å². The van der Waals surface area contributed by atoms with E-state index in [-0.39, 0.29) is 5.91 Å². The molecule has 0 unspecified atom stereocenters. The van der Waals surface area contributed by atoms with Gasteiger partial charge in [0.05, 0.1) is 6.61 Å². The Balaban J connectivity index is 1.33. The molecule has 7 nitrogen and oxygen atoms in total. The molecule has 0 radical (unpaired) electrons. The van der Waals surface area contributed by atoms with Crippen LogP contribution in [-0.2, 0) is 6.54 Å². The molecule has 1 fully saturated rings. The van der Waals surface area contributed by atoms with Gasteiger partial charge in [0.2, 0.25) is 0 Å². The number of anilines is 2. The van der Waals surface area contributed by atoms with Crippen LogP contribution in [0.25, 0.3) is 0 Å². The molecule has 1 saturated heterocycles. The molecule has 1 amide bonds. The van der Waals surface area contributed by atoms with E-state index in [9.17, 15) is 4.79 Å². The minimum absolute atomic E-state index is 0.208. The Morgan fingerprint density at radius 3 is 2.45 bits per heavy atom. The molecule has 0 atom stereocenters. The topological polar surface area (TPSA) is 70.6 Å². The Morgan fingerprint density at radius 1 is 1.00 bits per heavy atom. The summed E-state index contributed by atoms with van der Waals surface area (Å²) < 4.78 is 5.42. The highest BCUT2D eigenvalue weighted by Gasteiger charge is 2.19. The molecule has 31 heavy (non-hydrogen) atoms. The summed E-state index contributed by atoms with van der Waals surface area (Å²) >= 11 is 0. The second-order valence-corrected chi connectivity index (χ2v) is 7.42. The molecule has 1 aliphatic heterocycles.